The van der Waals surface area contributed by atoms with Crippen molar-refractivity contribution in [3.63, 3.8) is 0 Å². The van der Waals surface area contributed by atoms with Crippen LogP contribution in [-0.2, 0) is 0 Å². The molecule has 0 atom stereocenters. The Bertz CT molecular complexity index is 513. The summed E-state index contributed by atoms with van der Waals surface area (Å²) in [5.41, 5.74) is 8.25. The van der Waals surface area contributed by atoms with Gasteiger partial charge in [0.05, 0.1) is 0 Å². The molecule has 3 N–H and O–H groups in total. The zero-order chi connectivity index (χ0) is 13.5. The zero-order valence-corrected chi connectivity index (χ0v) is 10.4. The summed E-state index contributed by atoms with van der Waals surface area (Å²) in [5, 5.41) is 2.95. The summed E-state index contributed by atoms with van der Waals surface area (Å²) in [6.45, 7) is 9.50. The highest BCUT2D eigenvalue weighted by Crippen LogP contribution is 2.13. The van der Waals surface area contributed by atoms with Gasteiger partial charge in [0.2, 0.25) is 0 Å². The number of halogens is 1. The Hall–Kier alpha value is -2.29. The van der Waals surface area contributed by atoms with E-state index in [1.54, 1.807) is 24.3 Å². The van der Waals surface area contributed by atoms with Crippen molar-refractivity contribution >= 4 is 5.69 Å². The Morgan fingerprint density at radius 3 is 2.72 bits per heavy atom. The summed E-state index contributed by atoms with van der Waals surface area (Å²) < 4.78 is 13.0. The van der Waals surface area contributed by atoms with E-state index < -0.39 is 0 Å². The van der Waals surface area contributed by atoms with Crippen LogP contribution >= 0.6 is 0 Å². The van der Waals surface area contributed by atoms with Gasteiger partial charge in [-0.3, -0.25) is 0 Å². The lowest BCUT2D eigenvalue weighted by molar-refractivity contribution is 0.628. The van der Waals surface area contributed by atoms with Crippen molar-refractivity contribution < 1.29 is 4.39 Å². The van der Waals surface area contributed by atoms with E-state index in [1.165, 1.54) is 12.1 Å². The van der Waals surface area contributed by atoms with Crippen LogP contribution < -0.4 is 11.1 Å². The summed E-state index contributed by atoms with van der Waals surface area (Å²) in [6.07, 6.45) is 5.32. The van der Waals surface area contributed by atoms with Gasteiger partial charge >= 0.3 is 0 Å². The monoisotopic (exact) mass is 244 g/mol. The first kappa shape index (κ1) is 13.8. The van der Waals surface area contributed by atoms with Gasteiger partial charge in [0.15, 0.2) is 0 Å². The summed E-state index contributed by atoms with van der Waals surface area (Å²) in [4.78, 5) is 0. The van der Waals surface area contributed by atoms with E-state index in [9.17, 15) is 4.39 Å². The molecule has 94 valence electrons. The molecule has 1 rings (SSSR count). The van der Waals surface area contributed by atoms with Crippen molar-refractivity contribution in [2.75, 3.05) is 5.32 Å². The maximum absolute atomic E-state index is 13.0. The third-order valence-electron chi connectivity index (χ3n) is 2.20. The average molecular weight is 244 g/mol. The number of hydrogen-bond donors (Lipinski definition) is 2. The number of anilines is 1. The predicted molar refractivity (Wildman–Crippen MR) is 75.4 cm³/mol. The molecular weight excluding hydrogens is 227 g/mol. The van der Waals surface area contributed by atoms with Gasteiger partial charge in [0.1, 0.15) is 5.82 Å². The molecule has 0 heterocycles. The van der Waals surface area contributed by atoms with E-state index in [1.807, 2.05) is 13.0 Å². The number of rotatable bonds is 5. The molecule has 0 saturated heterocycles. The van der Waals surface area contributed by atoms with Gasteiger partial charge in [0, 0.05) is 17.1 Å². The number of nitrogens with one attached hydrogen (secondary N) is 1. The number of allylic oxidation sites excluding steroid dienone is 3. The number of benzene rings is 1. The second kappa shape index (κ2) is 6.45. The third-order valence-corrected chi connectivity index (χ3v) is 2.20. The van der Waals surface area contributed by atoms with Crippen LogP contribution in [0.15, 0.2) is 72.6 Å². The summed E-state index contributed by atoms with van der Waals surface area (Å²) in [6, 6.07) is 6.14. The van der Waals surface area contributed by atoms with Crippen molar-refractivity contribution in [3.8, 4) is 0 Å². The van der Waals surface area contributed by atoms with E-state index >= 15 is 0 Å². The third kappa shape index (κ3) is 4.29. The molecule has 1 aromatic rings. The smallest absolute Gasteiger partial charge is 0.125 e. The minimum Gasteiger partial charge on any atom is -0.398 e. The van der Waals surface area contributed by atoms with Crippen LogP contribution in [0.5, 0.6) is 0 Å². The van der Waals surface area contributed by atoms with Crippen molar-refractivity contribution in [3.05, 3.63) is 78.4 Å². The molecule has 0 unspecified atom stereocenters. The van der Waals surface area contributed by atoms with E-state index in [0.29, 0.717) is 22.7 Å². The van der Waals surface area contributed by atoms with Gasteiger partial charge in [-0.15, -0.1) is 0 Å². The molecule has 2 nitrogen and oxygen atoms in total. The minimum absolute atomic E-state index is 0.303. The molecule has 18 heavy (non-hydrogen) atoms. The summed E-state index contributed by atoms with van der Waals surface area (Å²) in [5.74, 6) is -0.303. The van der Waals surface area contributed by atoms with Gasteiger partial charge < -0.3 is 11.1 Å². The van der Waals surface area contributed by atoms with Crippen molar-refractivity contribution in [2.45, 2.75) is 6.92 Å². The summed E-state index contributed by atoms with van der Waals surface area (Å²) in [7, 11) is 0. The largest absolute Gasteiger partial charge is 0.398 e. The Morgan fingerprint density at radius 1 is 1.39 bits per heavy atom. The van der Waals surface area contributed by atoms with Crippen LogP contribution in [-0.4, -0.2) is 0 Å². The van der Waals surface area contributed by atoms with Crippen LogP contribution in [0, 0.1) is 5.82 Å². The SMILES string of the molecule is C=C(/C=C(\N)C(=C)/C=C\C)Nc1cccc(F)c1. The first-order valence-corrected chi connectivity index (χ1v) is 5.53. The quantitative estimate of drug-likeness (QED) is 0.774. The molecule has 0 spiro atoms. The van der Waals surface area contributed by atoms with Crippen LogP contribution in [0.2, 0.25) is 0 Å². The van der Waals surface area contributed by atoms with Gasteiger partial charge in [-0.05, 0) is 36.8 Å². The Morgan fingerprint density at radius 2 is 2.11 bits per heavy atom. The van der Waals surface area contributed by atoms with Gasteiger partial charge in [0.25, 0.3) is 0 Å². The second-order valence-electron chi connectivity index (χ2n) is 3.79. The van der Waals surface area contributed by atoms with Crippen LogP contribution in [0.1, 0.15) is 6.92 Å². The maximum Gasteiger partial charge on any atom is 0.125 e. The van der Waals surface area contributed by atoms with Crippen LogP contribution in [0.4, 0.5) is 10.1 Å². The van der Waals surface area contributed by atoms with Crippen molar-refractivity contribution in [1.29, 1.82) is 0 Å². The normalized spacial score (nSPS) is 11.6. The fourth-order valence-corrected chi connectivity index (χ4v) is 1.37. The lowest BCUT2D eigenvalue weighted by atomic mass is 10.2. The van der Waals surface area contributed by atoms with Crippen molar-refractivity contribution in [2.24, 2.45) is 5.73 Å². The lowest BCUT2D eigenvalue weighted by Crippen LogP contribution is -2.03. The Kier molecular flexibility index (Phi) is 4.93. The predicted octanol–water partition coefficient (Wildman–Crippen LogP) is 3.73. The first-order valence-electron chi connectivity index (χ1n) is 5.53. The van der Waals surface area contributed by atoms with E-state index in [-0.39, 0.29) is 5.82 Å². The fourth-order valence-electron chi connectivity index (χ4n) is 1.37. The van der Waals surface area contributed by atoms with E-state index in [2.05, 4.69) is 18.5 Å². The molecule has 0 fully saturated rings. The maximum atomic E-state index is 13.0. The Labute approximate surface area is 107 Å². The van der Waals surface area contributed by atoms with Gasteiger partial charge in [-0.2, -0.15) is 0 Å². The highest BCUT2D eigenvalue weighted by Gasteiger charge is 1.98. The van der Waals surface area contributed by atoms with Crippen LogP contribution in [0.3, 0.4) is 0 Å². The first-order chi connectivity index (χ1) is 8.52. The Balaban J connectivity index is 2.72. The topological polar surface area (TPSA) is 38.0 Å². The molecule has 0 aliphatic heterocycles. The minimum atomic E-state index is -0.303. The van der Waals surface area contributed by atoms with Crippen molar-refractivity contribution in [1.82, 2.24) is 0 Å². The number of nitrogens with two attached hydrogens (primary N) is 1. The molecule has 1 aromatic carbocycles. The molecule has 0 amide bonds. The fraction of sp³-hybridized carbons (Fsp3) is 0.0667. The average Bonchev–Trinajstić information content (AvgIpc) is 2.28. The van der Waals surface area contributed by atoms with Gasteiger partial charge in [-0.25, -0.2) is 4.39 Å². The zero-order valence-electron chi connectivity index (χ0n) is 10.4. The molecule has 0 bridgehead atoms. The standard InChI is InChI=1S/C15H17FN2/c1-4-6-11(2)15(17)9-12(3)18-14-8-5-7-13(16)10-14/h4-10,18H,2-3,17H2,1H3/b6-4-,15-9-. The molecule has 0 aromatic heterocycles. The van der Waals surface area contributed by atoms with E-state index in [4.69, 9.17) is 5.73 Å². The summed E-state index contributed by atoms with van der Waals surface area (Å²) >= 11 is 0. The molecular formula is C15H17FN2. The van der Waals surface area contributed by atoms with E-state index in [0.717, 1.165) is 0 Å². The van der Waals surface area contributed by atoms with Crippen LogP contribution in [0.25, 0.3) is 0 Å². The highest BCUT2D eigenvalue weighted by molar-refractivity contribution is 5.52. The second-order valence-corrected chi connectivity index (χ2v) is 3.79. The molecule has 0 radical (unpaired) electrons. The highest BCUT2D eigenvalue weighted by atomic mass is 19.1. The number of hydrogen-bond acceptors (Lipinski definition) is 2. The lowest BCUT2D eigenvalue weighted by Gasteiger charge is -2.07. The molecule has 0 aliphatic rings. The molecule has 3 heteroatoms. The molecule has 0 saturated carbocycles. The molecule has 0 aliphatic carbocycles. The van der Waals surface area contributed by atoms with Gasteiger partial charge in [-0.1, -0.05) is 31.4 Å².